The summed E-state index contributed by atoms with van der Waals surface area (Å²) in [6.45, 7) is 5.80. The standard InChI is InChI=1S/C17H26N4O3/c1-17(2,3)20-13(22)11-21(5)14(12-9-7-6-8-10-12)15(23)19-16(24)18-4/h6-10,14H,11H2,1-5H3,(H,20,22)(H2,18,19,23,24)/p+1/t14-/m1/s1. The van der Waals surface area contributed by atoms with E-state index in [0.717, 1.165) is 5.56 Å². The molecule has 0 bridgehead atoms. The summed E-state index contributed by atoms with van der Waals surface area (Å²) in [4.78, 5) is 36.8. The largest absolute Gasteiger partial charge is 0.347 e. The Hall–Kier alpha value is -2.41. The first-order valence-corrected chi connectivity index (χ1v) is 7.85. The molecule has 132 valence electrons. The molecule has 7 nitrogen and oxygen atoms in total. The molecule has 24 heavy (non-hydrogen) atoms. The first-order chi connectivity index (χ1) is 11.1. The molecule has 2 atom stereocenters. The SMILES string of the molecule is CNC(=O)NC(=O)[C@@H](c1ccccc1)[NH+](C)CC(=O)NC(C)(C)C. The molecule has 4 amide bonds. The number of carbonyl (C=O) groups excluding carboxylic acids is 3. The van der Waals surface area contributed by atoms with Crippen LogP contribution in [0.5, 0.6) is 0 Å². The van der Waals surface area contributed by atoms with Crippen molar-refractivity contribution < 1.29 is 19.3 Å². The molecule has 0 aliphatic carbocycles. The maximum absolute atomic E-state index is 12.5. The number of benzene rings is 1. The Kier molecular flexibility index (Phi) is 6.91. The molecule has 0 spiro atoms. The molecule has 0 saturated heterocycles. The lowest BCUT2D eigenvalue weighted by Gasteiger charge is -2.26. The third kappa shape index (κ3) is 6.37. The highest BCUT2D eigenvalue weighted by molar-refractivity contribution is 5.96. The Morgan fingerprint density at radius 1 is 1.12 bits per heavy atom. The lowest BCUT2D eigenvalue weighted by Crippen LogP contribution is -3.12. The number of rotatable bonds is 5. The van der Waals surface area contributed by atoms with Gasteiger partial charge in [-0.05, 0) is 20.8 Å². The van der Waals surface area contributed by atoms with E-state index in [9.17, 15) is 14.4 Å². The Morgan fingerprint density at radius 2 is 1.71 bits per heavy atom. The highest BCUT2D eigenvalue weighted by Gasteiger charge is 2.32. The second-order valence-electron chi connectivity index (χ2n) is 6.73. The summed E-state index contributed by atoms with van der Waals surface area (Å²) >= 11 is 0. The molecular formula is C17H27N4O3+. The van der Waals surface area contributed by atoms with Crippen LogP contribution in [-0.4, -0.2) is 44.0 Å². The van der Waals surface area contributed by atoms with Crippen molar-refractivity contribution in [2.45, 2.75) is 32.4 Å². The van der Waals surface area contributed by atoms with Gasteiger partial charge < -0.3 is 15.5 Å². The van der Waals surface area contributed by atoms with Crippen LogP contribution in [0.3, 0.4) is 0 Å². The summed E-state index contributed by atoms with van der Waals surface area (Å²) in [5, 5.41) is 7.52. The summed E-state index contributed by atoms with van der Waals surface area (Å²) in [7, 11) is 3.19. The molecule has 1 unspecified atom stereocenters. The van der Waals surface area contributed by atoms with Crippen molar-refractivity contribution in [2.24, 2.45) is 0 Å². The number of hydrogen-bond donors (Lipinski definition) is 4. The van der Waals surface area contributed by atoms with Crippen molar-refractivity contribution >= 4 is 17.8 Å². The lowest BCUT2D eigenvalue weighted by atomic mass is 10.0. The van der Waals surface area contributed by atoms with Gasteiger partial charge in [-0.25, -0.2) is 4.79 Å². The number of quaternary nitrogens is 1. The molecule has 1 aromatic rings. The van der Waals surface area contributed by atoms with Crippen molar-refractivity contribution in [3.8, 4) is 0 Å². The molecular weight excluding hydrogens is 308 g/mol. The summed E-state index contributed by atoms with van der Waals surface area (Å²) in [6.07, 6.45) is 0. The average molecular weight is 335 g/mol. The topological polar surface area (TPSA) is 91.7 Å². The van der Waals surface area contributed by atoms with Crippen LogP contribution in [0.15, 0.2) is 30.3 Å². The summed E-state index contributed by atoms with van der Waals surface area (Å²) in [5.74, 6) is -0.615. The highest BCUT2D eigenvalue weighted by atomic mass is 16.2. The molecule has 1 rings (SSSR count). The van der Waals surface area contributed by atoms with Gasteiger partial charge in [0, 0.05) is 18.2 Å². The summed E-state index contributed by atoms with van der Waals surface area (Å²) in [5.41, 5.74) is 0.393. The number of hydrogen-bond acceptors (Lipinski definition) is 3. The number of nitrogens with one attached hydrogen (secondary N) is 4. The Morgan fingerprint density at radius 3 is 2.21 bits per heavy atom. The minimum Gasteiger partial charge on any atom is -0.347 e. The van der Waals surface area contributed by atoms with Gasteiger partial charge in [0.05, 0.1) is 7.05 Å². The van der Waals surface area contributed by atoms with Gasteiger partial charge in [-0.3, -0.25) is 14.9 Å². The predicted molar refractivity (Wildman–Crippen MR) is 91.4 cm³/mol. The van der Waals surface area contributed by atoms with Crippen LogP contribution in [0, 0.1) is 0 Å². The van der Waals surface area contributed by atoms with Crippen molar-refractivity contribution in [1.29, 1.82) is 0 Å². The first kappa shape index (κ1) is 19.6. The van der Waals surface area contributed by atoms with E-state index in [4.69, 9.17) is 0 Å². The van der Waals surface area contributed by atoms with E-state index in [0.29, 0.717) is 4.90 Å². The molecule has 7 heteroatoms. The monoisotopic (exact) mass is 335 g/mol. The van der Waals surface area contributed by atoms with E-state index in [1.54, 1.807) is 19.2 Å². The molecule has 0 aliphatic heterocycles. The van der Waals surface area contributed by atoms with Crippen LogP contribution in [0.1, 0.15) is 32.4 Å². The number of likely N-dealkylation sites (N-methyl/N-ethyl adjacent to an activating group) is 1. The maximum atomic E-state index is 12.5. The minimum atomic E-state index is -0.672. The van der Waals surface area contributed by atoms with Crippen molar-refractivity contribution in [2.75, 3.05) is 20.6 Å². The summed E-state index contributed by atoms with van der Waals surface area (Å²) in [6, 6.07) is 7.84. The predicted octanol–water partition coefficient (Wildman–Crippen LogP) is -0.387. The van der Waals surface area contributed by atoms with Gasteiger partial charge in [0.2, 0.25) is 0 Å². The van der Waals surface area contributed by atoms with E-state index in [2.05, 4.69) is 16.0 Å². The fourth-order valence-electron chi connectivity index (χ4n) is 2.37. The first-order valence-electron chi connectivity index (χ1n) is 7.85. The van der Waals surface area contributed by atoms with Gasteiger partial charge in [-0.2, -0.15) is 0 Å². The van der Waals surface area contributed by atoms with Gasteiger partial charge in [-0.1, -0.05) is 30.3 Å². The fraction of sp³-hybridized carbons (Fsp3) is 0.471. The Bertz CT molecular complexity index is 581. The Labute approximate surface area is 142 Å². The number of urea groups is 1. The van der Waals surface area contributed by atoms with Crippen LogP contribution in [-0.2, 0) is 9.59 Å². The smallest absolute Gasteiger partial charge is 0.321 e. The zero-order valence-electron chi connectivity index (χ0n) is 14.9. The number of imide groups is 1. The van der Waals surface area contributed by atoms with Crippen molar-refractivity contribution in [3.05, 3.63) is 35.9 Å². The number of carbonyl (C=O) groups is 3. The fourth-order valence-corrected chi connectivity index (χ4v) is 2.37. The molecule has 1 aromatic carbocycles. The van der Waals surface area contributed by atoms with Crippen LogP contribution in [0.4, 0.5) is 4.79 Å². The lowest BCUT2D eigenvalue weighted by molar-refractivity contribution is -0.894. The van der Waals surface area contributed by atoms with Crippen LogP contribution < -0.4 is 20.9 Å². The average Bonchev–Trinajstić information content (AvgIpc) is 2.46. The van der Waals surface area contributed by atoms with Gasteiger partial charge >= 0.3 is 6.03 Å². The molecule has 0 aliphatic rings. The third-order valence-corrected chi connectivity index (χ3v) is 3.31. The molecule has 0 heterocycles. The minimum absolute atomic E-state index is 0.109. The van der Waals surface area contributed by atoms with Gasteiger partial charge in [0.25, 0.3) is 11.8 Å². The molecule has 0 radical (unpaired) electrons. The maximum Gasteiger partial charge on any atom is 0.321 e. The zero-order valence-corrected chi connectivity index (χ0v) is 14.9. The molecule has 0 fully saturated rings. The van der Waals surface area contributed by atoms with Gasteiger partial charge in [-0.15, -0.1) is 0 Å². The normalized spacial score (nSPS) is 13.5. The Balaban J connectivity index is 2.94. The molecule has 0 saturated carbocycles. The van der Waals surface area contributed by atoms with Gasteiger partial charge in [0.1, 0.15) is 0 Å². The van der Waals surface area contributed by atoms with Crippen LogP contribution >= 0.6 is 0 Å². The van der Waals surface area contributed by atoms with Gasteiger partial charge in [0.15, 0.2) is 12.6 Å². The van der Waals surface area contributed by atoms with E-state index in [1.165, 1.54) is 7.05 Å². The van der Waals surface area contributed by atoms with Crippen LogP contribution in [0.25, 0.3) is 0 Å². The third-order valence-electron chi connectivity index (χ3n) is 3.31. The number of amides is 4. The summed E-state index contributed by atoms with van der Waals surface area (Å²) < 4.78 is 0. The molecule has 0 aromatic heterocycles. The quantitative estimate of drug-likeness (QED) is 0.591. The van der Waals surface area contributed by atoms with E-state index < -0.39 is 18.0 Å². The van der Waals surface area contributed by atoms with Crippen molar-refractivity contribution in [1.82, 2.24) is 16.0 Å². The van der Waals surface area contributed by atoms with Crippen LogP contribution in [0.2, 0.25) is 0 Å². The van der Waals surface area contributed by atoms with E-state index in [-0.39, 0.29) is 18.0 Å². The molecule has 4 N–H and O–H groups in total. The van der Waals surface area contributed by atoms with E-state index in [1.807, 2.05) is 39.0 Å². The van der Waals surface area contributed by atoms with Crippen molar-refractivity contribution in [3.63, 3.8) is 0 Å². The zero-order chi connectivity index (χ0) is 18.3. The second-order valence-corrected chi connectivity index (χ2v) is 6.73. The van der Waals surface area contributed by atoms with E-state index >= 15 is 0 Å². The second kappa shape index (κ2) is 8.44. The highest BCUT2D eigenvalue weighted by Crippen LogP contribution is 2.09.